The maximum absolute atomic E-state index is 12.8. The molecule has 0 saturated heterocycles. The molecule has 1 amide bonds. The average Bonchev–Trinajstić information content (AvgIpc) is 2.48. The summed E-state index contributed by atoms with van der Waals surface area (Å²) in [5.41, 5.74) is 5.32. The van der Waals surface area contributed by atoms with Crippen molar-refractivity contribution in [1.82, 2.24) is 0 Å². The molecular weight excluding hydrogens is 293 g/mol. The Morgan fingerprint density at radius 2 is 1.68 bits per heavy atom. The highest BCUT2D eigenvalue weighted by Gasteiger charge is 2.12. The minimum Gasteiger partial charge on any atom is -0.445 e. The van der Waals surface area contributed by atoms with Crippen LogP contribution in [0.3, 0.4) is 0 Å². The van der Waals surface area contributed by atoms with Crippen molar-refractivity contribution >= 4 is 12.2 Å². The summed E-state index contributed by atoms with van der Waals surface area (Å²) < 4.78 is 27.3. The molecule has 0 bridgehead atoms. The minimum absolute atomic E-state index is 0.136. The van der Waals surface area contributed by atoms with Gasteiger partial charge in [-0.25, -0.2) is 14.0 Å². The van der Waals surface area contributed by atoms with Gasteiger partial charge in [-0.05, 0) is 30.3 Å². The van der Waals surface area contributed by atoms with Gasteiger partial charge >= 0.3 is 12.2 Å². The molecule has 2 rings (SSSR count). The van der Waals surface area contributed by atoms with Crippen molar-refractivity contribution in [2.75, 3.05) is 0 Å². The Labute approximate surface area is 125 Å². The molecule has 114 valence electrons. The second-order valence-corrected chi connectivity index (χ2v) is 4.12. The molecule has 0 aliphatic heterocycles. The zero-order valence-electron chi connectivity index (χ0n) is 11.3. The number of benzene rings is 2. The topological polar surface area (TPSA) is 87.9 Å². The maximum Gasteiger partial charge on any atom is 0.519 e. The first kappa shape index (κ1) is 15.3. The molecule has 6 nitrogen and oxygen atoms in total. The molecule has 22 heavy (non-hydrogen) atoms. The number of carbonyl (C=O) groups is 2. The van der Waals surface area contributed by atoms with Gasteiger partial charge in [0, 0.05) is 5.56 Å². The van der Waals surface area contributed by atoms with Crippen LogP contribution in [0.5, 0.6) is 11.5 Å². The lowest BCUT2D eigenvalue weighted by atomic mass is 10.2. The number of ether oxygens (including phenoxy) is 3. The quantitative estimate of drug-likeness (QED) is 0.693. The van der Waals surface area contributed by atoms with Crippen molar-refractivity contribution in [1.29, 1.82) is 0 Å². The monoisotopic (exact) mass is 305 g/mol. The van der Waals surface area contributed by atoms with E-state index in [1.807, 2.05) is 0 Å². The zero-order chi connectivity index (χ0) is 15.9. The van der Waals surface area contributed by atoms with E-state index in [0.717, 1.165) is 12.1 Å². The van der Waals surface area contributed by atoms with E-state index in [1.54, 1.807) is 18.2 Å². The fourth-order valence-corrected chi connectivity index (χ4v) is 1.58. The van der Waals surface area contributed by atoms with Crippen molar-refractivity contribution in [3.63, 3.8) is 0 Å². The number of para-hydroxylation sites is 1. The van der Waals surface area contributed by atoms with Crippen molar-refractivity contribution in [3.05, 3.63) is 59.9 Å². The summed E-state index contributed by atoms with van der Waals surface area (Å²) in [4.78, 5) is 22.3. The summed E-state index contributed by atoms with van der Waals surface area (Å²) in [6, 6.07) is 11.3. The van der Waals surface area contributed by atoms with Gasteiger partial charge in [0.25, 0.3) is 0 Å². The molecule has 0 aliphatic rings. The number of primary amides is 1. The number of amides is 1. The van der Waals surface area contributed by atoms with E-state index in [2.05, 4.69) is 4.74 Å². The smallest absolute Gasteiger partial charge is 0.445 e. The van der Waals surface area contributed by atoms with Crippen molar-refractivity contribution < 1.29 is 28.2 Å². The maximum atomic E-state index is 12.8. The average molecular weight is 305 g/mol. The molecule has 7 heteroatoms. The highest BCUT2D eigenvalue weighted by molar-refractivity contribution is 5.68. The summed E-state index contributed by atoms with van der Waals surface area (Å²) in [5.74, 6) is -0.150. The first-order valence-corrected chi connectivity index (χ1v) is 6.20. The number of hydrogen-bond acceptors (Lipinski definition) is 5. The van der Waals surface area contributed by atoms with Crippen LogP contribution in [0.2, 0.25) is 0 Å². The van der Waals surface area contributed by atoms with Gasteiger partial charge < -0.3 is 19.9 Å². The van der Waals surface area contributed by atoms with Crippen LogP contribution in [-0.4, -0.2) is 12.2 Å². The first-order chi connectivity index (χ1) is 10.5. The molecule has 2 N–H and O–H groups in total. The van der Waals surface area contributed by atoms with E-state index in [9.17, 15) is 14.0 Å². The number of carbonyl (C=O) groups excluding carboxylic acids is 2. The highest BCUT2D eigenvalue weighted by Crippen LogP contribution is 2.20. The molecule has 2 aromatic carbocycles. The number of halogens is 1. The van der Waals surface area contributed by atoms with Crippen LogP contribution in [-0.2, 0) is 11.3 Å². The van der Waals surface area contributed by atoms with E-state index in [0.29, 0.717) is 5.56 Å². The minimum atomic E-state index is -1.00. The lowest BCUT2D eigenvalue weighted by molar-refractivity contribution is 0.143. The lowest BCUT2D eigenvalue weighted by Crippen LogP contribution is -2.16. The van der Waals surface area contributed by atoms with E-state index < -0.39 is 18.1 Å². The molecule has 0 unspecified atom stereocenters. The largest absolute Gasteiger partial charge is 0.519 e. The molecular formula is C15H12FNO5. The van der Waals surface area contributed by atoms with Crippen LogP contribution < -0.4 is 15.2 Å². The second-order valence-electron chi connectivity index (χ2n) is 4.12. The summed E-state index contributed by atoms with van der Waals surface area (Å²) in [7, 11) is 0. The summed E-state index contributed by atoms with van der Waals surface area (Å²) in [6.07, 6.45) is -1.94. The first-order valence-electron chi connectivity index (χ1n) is 6.20. The van der Waals surface area contributed by atoms with E-state index in [1.165, 1.54) is 18.2 Å². The van der Waals surface area contributed by atoms with Gasteiger partial charge in [0.1, 0.15) is 23.9 Å². The standard InChI is InChI=1S/C15H12FNO5/c16-11-5-7-12(8-6-11)21-15(19)22-13-4-2-1-3-10(13)9-20-14(17)18/h1-8H,9H2,(H2,17,18). The van der Waals surface area contributed by atoms with Gasteiger partial charge in [0.15, 0.2) is 0 Å². The fraction of sp³-hybridized carbons (Fsp3) is 0.0667. The van der Waals surface area contributed by atoms with Gasteiger partial charge in [-0.2, -0.15) is 0 Å². The van der Waals surface area contributed by atoms with E-state index in [4.69, 9.17) is 15.2 Å². The molecule has 0 aliphatic carbocycles. The van der Waals surface area contributed by atoms with E-state index >= 15 is 0 Å². The van der Waals surface area contributed by atoms with Crippen molar-refractivity contribution in [2.45, 2.75) is 6.61 Å². The van der Waals surface area contributed by atoms with Crippen LogP contribution in [0.1, 0.15) is 5.56 Å². The Balaban J connectivity index is 2.01. The lowest BCUT2D eigenvalue weighted by Gasteiger charge is -2.09. The summed E-state index contributed by atoms with van der Waals surface area (Å²) >= 11 is 0. The Kier molecular flexibility index (Phi) is 4.92. The normalized spacial score (nSPS) is 9.86. The Morgan fingerprint density at radius 3 is 2.36 bits per heavy atom. The van der Waals surface area contributed by atoms with Gasteiger partial charge in [-0.1, -0.05) is 18.2 Å². The van der Waals surface area contributed by atoms with Crippen LogP contribution in [0, 0.1) is 5.82 Å². The SMILES string of the molecule is NC(=O)OCc1ccccc1OC(=O)Oc1ccc(F)cc1. The van der Waals surface area contributed by atoms with Gasteiger partial charge in [-0.15, -0.1) is 0 Å². The molecule has 0 saturated carbocycles. The Bertz CT molecular complexity index is 672. The third kappa shape index (κ3) is 4.48. The molecule has 0 heterocycles. The fourth-order valence-electron chi connectivity index (χ4n) is 1.58. The zero-order valence-corrected chi connectivity index (χ0v) is 11.3. The van der Waals surface area contributed by atoms with E-state index in [-0.39, 0.29) is 18.1 Å². The molecule has 0 fully saturated rings. The van der Waals surface area contributed by atoms with Crippen molar-refractivity contribution in [3.8, 4) is 11.5 Å². The predicted molar refractivity (Wildman–Crippen MR) is 73.9 cm³/mol. The third-order valence-electron chi connectivity index (χ3n) is 2.55. The molecule has 0 radical (unpaired) electrons. The number of hydrogen-bond donors (Lipinski definition) is 1. The number of nitrogens with two attached hydrogens (primary N) is 1. The van der Waals surface area contributed by atoms with Gasteiger partial charge in [0.05, 0.1) is 0 Å². The third-order valence-corrected chi connectivity index (χ3v) is 2.55. The van der Waals surface area contributed by atoms with Crippen LogP contribution in [0.25, 0.3) is 0 Å². The molecule has 0 spiro atoms. The highest BCUT2D eigenvalue weighted by atomic mass is 19.1. The Morgan fingerprint density at radius 1 is 1.00 bits per heavy atom. The Hall–Kier alpha value is -3.09. The molecule has 0 atom stereocenters. The second kappa shape index (κ2) is 7.07. The summed E-state index contributed by atoms with van der Waals surface area (Å²) in [5, 5.41) is 0. The molecule has 2 aromatic rings. The summed E-state index contributed by atoms with van der Waals surface area (Å²) in [6.45, 7) is -0.144. The van der Waals surface area contributed by atoms with Crippen LogP contribution in [0.15, 0.2) is 48.5 Å². The number of rotatable bonds is 4. The predicted octanol–water partition coefficient (Wildman–Crippen LogP) is 3.00. The molecule has 0 aromatic heterocycles. The van der Waals surface area contributed by atoms with Gasteiger partial charge in [0.2, 0.25) is 0 Å². The van der Waals surface area contributed by atoms with Crippen molar-refractivity contribution in [2.24, 2.45) is 5.73 Å². The van der Waals surface area contributed by atoms with Crippen LogP contribution >= 0.6 is 0 Å². The van der Waals surface area contributed by atoms with Gasteiger partial charge in [-0.3, -0.25) is 0 Å². The van der Waals surface area contributed by atoms with Crippen LogP contribution in [0.4, 0.5) is 14.0 Å².